The fourth-order valence-electron chi connectivity index (χ4n) is 2.96. The zero-order valence-corrected chi connectivity index (χ0v) is 16.1. The summed E-state index contributed by atoms with van der Waals surface area (Å²) >= 11 is 0. The van der Waals surface area contributed by atoms with Crippen LogP contribution in [-0.4, -0.2) is 14.4 Å². The summed E-state index contributed by atoms with van der Waals surface area (Å²) in [6.07, 6.45) is 11.7. The minimum Gasteiger partial charge on any atom is -0.414 e. The van der Waals surface area contributed by atoms with Gasteiger partial charge in [0.05, 0.1) is 0 Å². The maximum Gasteiger partial charge on any atom is 0.192 e. The van der Waals surface area contributed by atoms with E-state index in [1.165, 1.54) is 11.1 Å². The molecule has 0 spiro atoms. The van der Waals surface area contributed by atoms with Crippen molar-refractivity contribution in [1.82, 2.24) is 0 Å². The third-order valence-electron chi connectivity index (χ3n) is 5.07. The summed E-state index contributed by atoms with van der Waals surface area (Å²) in [6, 6.07) is 0. The summed E-state index contributed by atoms with van der Waals surface area (Å²) in [5.74, 6) is 2.60. The van der Waals surface area contributed by atoms with Gasteiger partial charge in [-0.2, -0.15) is 0 Å². The minimum atomic E-state index is -1.70. The smallest absolute Gasteiger partial charge is 0.192 e. The lowest BCUT2D eigenvalue weighted by atomic mass is 9.71. The van der Waals surface area contributed by atoms with Crippen LogP contribution in [0.2, 0.25) is 18.1 Å². The summed E-state index contributed by atoms with van der Waals surface area (Å²) in [5.41, 5.74) is 2.93. The van der Waals surface area contributed by atoms with Gasteiger partial charge in [0.15, 0.2) is 8.32 Å². The van der Waals surface area contributed by atoms with Crippen LogP contribution in [0, 0.1) is 17.8 Å². The van der Waals surface area contributed by atoms with Gasteiger partial charge in [0.2, 0.25) is 0 Å². The van der Waals surface area contributed by atoms with E-state index in [9.17, 15) is 0 Å². The topological polar surface area (TPSA) is 9.23 Å². The van der Waals surface area contributed by atoms with Crippen molar-refractivity contribution >= 4 is 8.32 Å². The molecule has 1 aliphatic carbocycles. The van der Waals surface area contributed by atoms with E-state index in [1.807, 2.05) is 6.08 Å². The Labute approximate surface area is 133 Å². The summed E-state index contributed by atoms with van der Waals surface area (Å²) in [6.45, 7) is 18.4. The molecule has 0 aromatic carbocycles. The van der Waals surface area contributed by atoms with E-state index in [-0.39, 0.29) is 10.5 Å². The molecule has 2 heteroatoms. The monoisotopic (exact) mass is 304 g/mol. The maximum atomic E-state index is 6.64. The van der Waals surface area contributed by atoms with E-state index in [0.29, 0.717) is 6.10 Å². The van der Waals surface area contributed by atoms with Gasteiger partial charge in [-0.25, -0.2) is 0 Å². The van der Waals surface area contributed by atoms with Crippen molar-refractivity contribution in [1.29, 1.82) is 0 Å². The highest BCUT2D eigenvalue weighted by atomic mass is 28.4. The normalized spacial score (nSPS) is 23.5. The van der Waals surface area contributed by atoms with Crippen LogP contribution in [0.4, 0.5) is 0 Å². The van der Waals surface area contributed by atoms with Crippen LogP contribution in [0.15, 0.2) is 23.3 Å². The van der Waals surface area contributed by atoms with Crippen molar-refractivity contribution in [3.05, 3.63) is 23.3 Å². The standard InChI is InChI=1S/C19H32OSi/c1-10-11-12-17-15(2)13-16(14-19(17,6)7)20-21(8,9)18(3,4)5/h1,11-12,16H,13-14H2,2-9H3/b12-11+/t16-/m1/s1. The molecule has 0 fully saturated rings. The molecule has 0 bridgehead atoms. The Hall–Kier alpha value is -0.783. The summed E-state index contributed by atoms with van der Waals surface area (Å²) in [5, 5.41) is 0.262. The molecule has 0 unspecified atom stereocenters. The molecule has 0 saturated heterocycles. The summed E-state index contributed by atoms with van der Waals surface area (Å²) in [7, 11) is -1.70. The molecule has 0 amide bonds. The minimum absolute atomic E-state index is 0.128. The first kappa shape index (κ1) is 18.3. The van der Waals surface area contributed by atoms with Crippen LogP contribution in [-0.2, 0) is 4.43 Å². The highest BCUT2D eigenvalue weighted by Crippen LogP contribution is 2.45. The molecule has 118 valence electrons. The van der Waals surface area contributed by atoms with E-state index in [2.05, 4.69) is 66.6 Å². The molecule has 1 nitrogen and oxygen atoms in total. The van der Waals surface area contributed by atoms with E-state index in [1.54, 1.807) is 0 Å². The molecular formula is C19H32OSi. The lowest BCUT2D eigenvalue weighted by Crippen LogP contribution is -2.46. The lowest BCUT2D eigenvalue weighted by Gasteiger charge is -2.44. The zero-order chi connectivity index (χ0) is 16.5. The number of terminal acetylenes is 1. The summed E-state index contributed by atoms with van der Waals surface area (Å²) in [4.78, 5) is 0. The van der Waals surface area contributed by atoms with Gasteiger partial charge in [-0.1, -0.05) is 52.2 Å². The maximum absolute atomic E-state index is 6.64. The molecule has 21 heavy (non-hydrogen) atoms. The van der Waals surface area contributed by atoms with Gasteiger partial charge in [0.25, 0.3) is 0 Å². The van der Waals surface area contributed by atoms with Gasteiger partial charge in [-0.05, 0) is 55.0 Å². The molecule has 1 rings (SSSR count). The molecular weight excluding hydrogens is 272 g/mol. The van der Waals surface area contributed by atoms with Crippen molar-refractivity contribution in [3.63, 3.8) is 0 Å². The van der Waals surface area contributed by atoms with E-state index in [0.717, 1.165) is 12.8 Å². The Kier molecular flexibility index (Phi) is 5.34. The van der Waals surface area contributed by atoms with Crippen LogP contribution in [0.3, 0.4) is 0 Å². The second-order valence-electron chi connectivity index (χ2n) is 8.49. The van der Waals surface area contributed by atoms with Gasteiger partial charge in [0, 0.05) is 6.10 Å². The Bertz CT molecular complexity index is 481. The van der Waals surface area contributed by atoms with E-state index < -0.39 is 8.32 Å². The zero-order valence-electron chi connectivity index (χ0n) is 15.1. The predicted molar refractivity (Wildman–Crippen MR) is 95.8 cm³/mol. The van der Waals surface area contributed by atoms with Crippen LogP contribution >= 0.6 is 0 Å². The van der Waals surface area contributed by atoms with E-state index in [4.69, 9.17) is 10.8 Å². The SMILES string of the molecule is C#C/C=C/C1=C(C)C[C@@H](O[Si](C)(C)C(C)(C)C)CC1(C)C. The molecule has 1 aliphatic rings. The molecule has 0 aromatic heterocycles. The summed E-state index contributed by atoms with van der Waals surface area (Å²) < 4.78 is 6.64. The van der Waals surface area contributed by atoms with Gasteiger partial charge >= 0.3 is 0 Å². The molecule has 0 radical (unpaired) electrons. The Balaban J connectivity index is 2.98. The van der Waals surface area contributed by atoms with Crippen molar-refractivity contribution in [2.24, 2.45) is 5.41 Å². The van der Waals surface area contributed by atoms with Crippen LogP contribution < -0.4 is 0 Å². The molecule has 0 N–H and O–H groups in total. The molecule has 0 saturated carbocycles. The molecule has 0 aromatic rings. The second kappa shape index (κ2) is 6.14. The highest BCUT2D eigenvalue weighted by molar-refractivity contribution is 6.74. The second-order valence-corrected chi connectivity index (χ2v) is 13.2. The van der Waals surface area contributed by atoms with Crippen molar-refractivity contribution in [2.45, 2.75) is 78.6 Å². The average molecular weight is 305 g/mol. The number of hydrogen-bond donors (Lipinski definition) is 0. The fourth-order valence-corrected chi connectivity index (χ4v) is 4.31. The first-order valence-electron chi connectivity index (χ1n) is 7.91. The molecule has 1 atom stereocenters. The van der Waals surface area contributed by atoms with Gasteiger partial charge < -0.3 is 4.43 Å². The Morgan fingerprint density at radius 2 is 1.90 bits per heavy atom. The van der Waals surface area contributed by atoms with Gasteiger partial charge in [0.1, 0.15) is 0 Å². The van der Waals surface area contributed by atoms with Crippen LogP contribution in [0.25, 0.3) is 0 Å². The Morgan fingerprint density at radius 3 is 2.33 bits per heavy atom. The lowest BCUT2D eigenvalue weighted by molar-refractivity contribution is 0.124. The number of rotatable bonds is 3. The quantitative estimate of drug-likeness (QED) is 0.480. The van der Waals surface area contributed by atoms with Crippen LogP contribution in [0.1, 0.15) is 54.4 Å². The van der Waals surface area contributed by atoms with Gasteiger partial charge in [-0.3, -0.25) is 0 Å². The average Bonchev–Trinajstić information content (AvgIpc) is 2.24. The van der Waals surface area contributed by atoms with Gasteiger partial charge in [-0.15, -0.1) is 6.42 Å². The number of hydrogen-bond acceptors (Lipinski definition) is 1. The van der Waals surface area contributed by atoms with Crippen LogP contribution in [0.5, 0.6) is 0 Å². The molecule has 0 aliphatic heterocycles. The van der Waals surface area contributed by atoms with E-state index >= 15 is 0 Å². The third kappa shape index (κ3) is 4.34. The largest absolute Gasteiger partial charge is 0.414 e. The fraction of sp³-hybridized carbons (Fsp3) is 0.684. The predicted octanol–water partition coefficient (Wildman–Crippen LogP) is 5.70. The first-order chi connectivity index (χ1) is 9.40. The highest BCUT2D eigenvalue weighted by Gasteiger charge is 2.42. The van der Waals surface area contributed by atoms with Crippen molar-refractivity contribution in [3.8, 4) is 12.3 Å². The third-order valence-corrected chi connectivity index (χ3v) is 9.61. The van der Waals surface area contributed by atoms with Crippen molar-refractivity contribution in [2.75, 3.05) is 0 Å². The Morgan fingerprint density at radius 1 is 1.33 bits per heavy atom. The number of allylic oxidation sites excluding steroid dienone is 3. The molecule has 0 heterocycles. The van der Waals surface area contributed by atoms with Crippen molar-refractivity contribution < 1.29 is 4.43 Å². The first-order valence-corrected chi connectivity index (χ1v) is 10.8.